The van der Waals surface area contributed by atoms with Crippen molar-refractivity contribution in [2.24, 2.45) is 5.41 Å². The molecule has 1 amide bonds. The Morgan fingerprint density at radius 1 is 1.60 bits per heavy atom. The number of hydrogen-bond donors (Lipinski definition) is 0. The molecule has 15 heavy (non-hydrogen) atoms. The fourth-order valence-electron chi connectivity index (χ4n) is 1.96. The number of allylic oxidation sites excluding steroid dienone is 2. The van der Waals surface area contributed by atoms with Crippen molar-refractivity contribution in [3.8, 4) is 0 Å². The van der Waals surface area contributed by atoms with E-state index in [2.05, 4.69) is 0 Å². The first-order chi connectivity index (χ1) is 6.94. The number of carbonyl (C=O) groups is 2. The van der Waals surface area contributed by atoms with Gasteiger partial charge < -0.3 is 4.90 Å². The Balaban J connectivity index is 2.96. The van der Waals surface area contributed by atoms with Crippen LogP contribution >= 0.6 is 0 Å². The van der Waals surface area contributed by atoms with Gasteiger partial charge in [0.25, 0.3) is 0 Å². The summed E-state index contributed by atoms with van der Waals surface area (Å²) in [5, 5.41) is 0. The Bertz CT molecular complexity index is 320. The lowest BCUT2D eigenvalue weighted by Crippen LogP contribution is -2.34. The summed E-state index contributed by atoms with van der Waals surface area (Å²) >= 11 is 0. The number of Topliss-reactive ketones (excluding diaryl/α,β-unsaturated/α-hetero) is 1. The minimum absolute atomic E-state index is 0.0306. The number of rotatable bonds is 3. The predicted octanol–water partition coefficient (Wildman–Crippen LogP) is 2.13. The summed E-state index contributed by atoms with van der Waals surface area (Å²) in [7, 11) is 0. The highest BCUT2D eigenvalue weighted by Crippen LogP contribution is 2.40. The van der Waals surface area contributed by atoms with Crippen molar-refractivity contribution in [2.45, 2.75) is 40.5 Å². The van der Waals surface area contributed by atoms with Crippen LogP contribution in [-0.2, 0) is 9.59 Å². The zero-order chi connectivity index (χ0) is 11.6. The normalized spacial score (nSPS) is 28.9. The minimum Gasteiger partial charge on any atom is -0.309 e. The van der Waals surface area contributed by atoms with Crippen LogP contribution in [-0.4, -0.2) is 23.1 Å². The third kappa shape index (κ3) is 2.11. The lowest BCUT2D eigenvalue weighted by Gasteiger charge is -2.20. The molecule has 3 heteroatoms. The summed E-state index contributed by atoms with van der Waals surface area (Å²) in [6.07, 6.45) is 3.51. The average Bonchev–Trinajstić information content (AvgIpc) is 2.43. The van der Waals surface area contributed by atoms with E-state index < -0.39 is 0 Å². The van der Waals surface area contributed by atoms with E-state index in [9.17, 15) is 9.59 Å². The summed E-state index contributed by atoms with van der Waals surface area (Å²) < 4.78 is 0. The molecular formula is C12H19NO2. The molecule has 0 N–H and O–H groups in total. The molecule has 0 aliphatic carbocycles. The van der Waals surface area contributed by atoms with Crippen molar-refractivity contribution in [3.63, 3.8) is 0 Å². The Morgan fingerprint density at radius 2 is 2.20 bits per heavy atom. The van der Waals surface area contributed by atoms with Gasteiger partial charge in [-0.25, -0.2) is 0 Å². The lowest BCUT2D eigenvalue weighted by molar-refractivity contribution is -0.137. The summed E-state index contributed by atoms with van der Waals surface area (Å²) in [6.45, 7) is 7.63. The molecule has 1 atom stereocenters. The van der Waals surface area contributed by atoms with Crippen molar-refractivity contribution in [1.82, 2.24) is 4.90 Å². The van der Waals surface area contributed by atoms with E-state index in [1.54, 1.807) is 4.90 Å². The molecule has 0 bridgehead atoms. The molecule has 3 nitrogen and oxygen atoms in total. The molecule has 1 heterocycles. The molecule has 1 saturated heterocycles. The number of amides is 1. The highest BCUT2D eigenvalue weighted by molar-refractivity contribution is 5.91. The third-order valence-electron chi connectivity index (χ3n) is 3.17. The van der Waals surface area contributed by atoms with E-state index in [0.29, 0.717) is 0 Å². The van der Waals surface area contributed by atoms with Crippen LogP contribution in [0.5, 0.6) is 0 Å². The first-order valence-electron chi connectivity index (χ1n) is 5.41. The first kappa shape index (κ1) is 12.0. The van der Waals surface area contributed by atoms with Crippen LogP contribution in [0.3, 0.4) is 0 Å². The molecule has 0 aromatic carbocycles. The quantitative estimate of drug-likeness (QED) is 0.714. The first-order valence-corrected chi connectivity index (χ1v) is 5.41. The highest BCUT2D eigenvalue weighted by Gasteiger charge is 2.44. The van der Waals surface area contributed by atoms with E-state index in [1.165, 1.54) is 6.92 Å². The third-order valence-corrected chi connectivity index (χ3v) is 3.17. The van der Waals surface area contributed by atoms with Gasteiger partial charge in [-0.1, -0.05) is 19.9 Å². The number of likely N-dealkylation sites (tertiary alicyclic amines) is 1. The van der Waals surface area contributed by atoms with Crippen molar-refractivity contribution >= 4 is 11.7 Å². The van der Waals surface area contributed by atoms with Crippen LogP contribution in [0.2, 0.25) is 0 Å². The maximum absolute atomic E-state index is 12.1. The highest BCUT2D eigenvalue weighted by atomic mass is 16.2. The topological polar surface area (TPSA) is 37.4 Å². The molecule has 1 unspecified atom stereocenters. The van der Waals surface area contributed by atoms with Crippen LogP contribution in [0, 0.1) is 5.41 Å². The van der Waals surface area contributed by atoms with E-state index in [4.69, 9.17) is 0 Å². The molecule has 0 aromatic heterocycles. The molecule has 0 radical (unpaired) electrons. The minimum atomic E-state index is -0.308. The Hall–Kier alpha value is -1.12. The molecule has 0 aromatic rings. The second-order valence-electron chi connectivity index (χ2n) is 4.46. The van der Waals surface area contributed by atoms with Crippen LogP contribution in [0.15, 0.2) is 11.8 Å². The Morgan fingerprint density at radius 3 is 2.60 bits per heavy atom. The standard InChI is InChI=1S/C12H19NO2/c1-5-10-7-12(4,6-2)11(15)13(10)8-9(3)14/h5H,6-8H2,1-4H3/b10-5+. The van der Waals surface area contributed by atoms with E-state index in [0.717, 1.165) is 18.5 Å². The van der Waals surface area contributed by atoms with Crippen LogP contribution in [0.25, 0.3) is 0 Å². The van der Waals surface area contributed by atoms with Gasteiger partial charge in [-0.2, -0.15) is 0 Å². The average molecular weight is 209 g/mol. The van der Waals surface area contributed by atoms with Gasteiger partial charge in [0.1, 0.15) is 5.78 Å². The zero-order valence-electron chi connectivity index (χ0n) is 9.96. The largest absolute Gasteiger partial charge is 0.309 e. The predicted molar refractivity (Wildman–Crippen MR) is 59.2 cm³/mol. The van der Waals surface area contributed by atoms with Gasteiger partial charge in [-0.15, -0.1) is 0 Å². The number of nitrogens with zero attached hydrogens (tertiary/aromatic N) is 1. The second-order valence-corrected chi connectivity index (χ2v) is 4.46. The van der Waals surface area contributed by atoms with E-state index in [1.807, 2.05) is 26.8 Å². The van der Waals surface area contributed by atoms with Gasteiger partial charge in [0.05, 0.1) is 12.0 Å². The molecule has 84 valence electrons. The number of hydrogen-bond acceptors (Lipinski definition) is 2. The van der Waals surface area contributed by atoms with Crippen molar-refractivity contribution in [3.05, 3.63) is 11.8 Å². The van der Waals surface area contributed by atoms with Gasteiger partial charge in [0.2, 0.25) is 5.91 Å². The van der Waals surface area contributed by atoms with E-state index >= 15 is 0 Å². The fourth-order valence-corrected chi connectivity index (χ4v) is 1.96. The van der Waals surface area contributed by atoms with Gasteiger partial charge in [-0.05, 0) is 20.3 Å². The molecule has 0 saturated carbocycles. The molecule has 1 fully saturated rings. The molecule has 1 aliphatic heterocycles. The fraction of sp³-hybridized carbons (Fsp3) is 0.667. The van der Waals surface area contributed by atoms with Gasteiger partial charge >= 0.3 is 0 Å². The van der Waals surface area contributed by atoms with Crippen LogP contribution in [0.4, 0.5) is 0 Å². The lowest BCUT2D eigenvalue weighted by atomic mass is 9.85. The molecule has 1 aliphatic rings. The van der Waals surface area contributed by atoms with Gasteiger partial charge in [0.15, 0.2) is 0 Å². The number of carbonyl (C=O) groups excluding carboxylic acids is 2. The maximum atomic E-state index is 12.1. The molecule has 1 rings (SSSR count). The van der Waals surface area contributed by atoms with Crippen molar-refractivity contribution in [1.29, 1.82) is 0 Å². The van der Waals surface area contributed by atoms with E-state index in [-0.39, 0.29) is 23.7 Å². The Labute approximate surface area is 91.1 Å². The van der Waals surface area contributed by atoms with Gasteiger partial charge in [0, 0.05) is 12.1 Å². The summed E-state index contributed by atoms with van der Waals surface area (Å²) in [5.74, 6) is 0.122. The number of ketones is 1. The zero-order valence-corrected chi connectivity index (χ0v) is 9.96. The monoisotopic (exact) mass is 209 g/mol. The summed E-state index contributed by atoms with van der Waals surface area (Å²) in [6, 6.07) is 0. The van der Waals surface area contributed by atoms with Crippen molar-refractivity contribution < 1.29 is 9.59 Å². The van der Waals surface area contributed by atoms with Crippen LogP contribution in [0.1, 0.15) is 40.5 Å². The van der Waals surface area contributed by atoms with Gasteiger partial charge in [-0.3, -0.25) is 9.59 Å². The van der Waals surface area contributed by atoms with Crippen LogP contribution < -0.4 is 0 Å². The maximum Gasteiger partial charge on any atom is 0.233 e. The molecular weight excluding hydrogens is 190 g/mol. The molecule has 0 spiro atoms. The smallest absolute Gasteiger partial charge is 0.233 e. The summed E-state index contributed by atoms with van der Waals surface area (Å²) in [5.41, 5.74) is 0.677. The summed E-state index contributed by atoms with van der Waals surface area (Å²) in [4.78, 5) is 24.8. The Kier molecular flexibility index (Phi) is 3.32. The second kappa shape index (κ2) is 4.17. The SMILES string of the molecule is C/C=C1\CC(C)(CC)C(=O)N1CC(C)=O. The van der Waals surface area contributed by atoms with Crippen molar-refractivity contribution in [2.75, 3.05) is 6.54 Å².